The van der Waals surface area contributed by atoms with Gasteiger partial charge in [-0.25, -0.2) is 22.8 Å². The Bertz CT molecular complexity index is 2040. The van der Waals surface area contributed by atoms with Gasteiger partial charge in [0.25, 0.3) is 27.4 Å². The summed E-state index contributed by atoms with van der Waals surface area (Å²) in [6, 6.07) is 32.0. The van der Waals surface area contributed by atoms with E-state index in [1.165, 1.54) is 23.0 Å². The highest BCUT2D eigenvalue weighted by Crippen LogP contribution is 2.25. The zero-order valence-corrected chi connectivity index (χ0v) is 26.4. The molecule has 0 radical (unpaired) electrons. The third-order valence-electron chi connectivity index (χ3n) is 7.10. The molecule has 0 saturated carbocycles. The van der Waals surface area contributed by atoms with Crippen LogP contribution in [0.1, 0.15) is 11.3 Å². The lowest BCUT2D eigenvalue weighted by Crippen LogP contribution is -2.42. The van der Waals surface area contributed by atoms with Crippen molar-refractivity contribution in [3.05, 3.63) is 137 Å². The molecule has 1 heterocycles. The number of benzene rings is 4. The van der Waals surface area contributed by atoms with E-state index in [0.29, 0.717) is 28.4 Å². The molecule has 0 aliphatic heterocycles. The molecule has 4 aromatic carbocycles. The summed E-state index contributed by atoms with van der Waals surface area (Å²) in [7, 11) is -2.70. The predicted molar refractivity (Wildman–Crippen MR) is 179 cm³/mol. The van der Waals surface area contributed by atoms with Gasteiger partial charge < -0.3 is 10.1 Å². The van der Waals surface area contributed by atoms with Crippen molar-refractivity contribution in [1.82, 2.24) is 14.8 Å². The average Bonchev–Trinajstić information content (AvgIpc) is 3.30. The van der Waals surface area contributed by atoms with Crippen LogP contribution in [-0.2, 0) is 26.7 Å². The first kappa shape index (κ1) is 32.4. The molecule has 0 unspecified atom stereocenters. The normalized spacial score (nSPS) is 11.3. The van der Waals surface area contributed by atoms with Gasteiger partial charge >= 0.3 is 0 Å². The second kappa shape index (κ2) is 14.4. The number of hydrogen-bond acceptors (Lipinski definition) is 7. The maximum atomic E-state index is 13.9. The fourth-order valence-corrected chi connectivity index (χ4v) is 6.20. The number of ether oxygens (including phenoxy) is 1. The second-order valence-corrected chi connectivity index (χ2v) is 12.2. The zero-order chi connectivity index (χ0) is 33.4. The van der Waals surface area contributed by atoms with Gasteiger partial charge in [0.05, 0.1) is 22.5 Å². The molecular formula is C34H32N6O6S. The highest BCUT2D eigenvalue weighted by Gasteiger charge is 2.33. The minimum atomic E-state index is -4.34. The van der Waals surface area contributed by atoms with Gasteiger partial charge in [0.15, 0.2) is 6.61 Å². The van der Waals surface area contributed by atoms with E-state index in [-0.39, 0.29) is 23.1 Å². The van der Waals surface area contributed by atoms with Crippen molar-refractivity contribution in [2.75, 3.05) is 22.8 Å². The van der Waals surface area contributed by atoms with Crippen molar-refractivity contribution in [3.63, 3.8) is 0 Å². The van der Waals surface area contributed by atoms with E-state index >= 15 is 0 Å². The van der Waals surface area contributed by atoms with Crippen molar-refractivity contribution in [2.45, 2.75) is 11.8 Å². The van der Waals surface area contributed by atoms with Crippen molar-refractivity contribution >= 4 is 39.4 Å². The minimum Gasteiger partial charge on any atom is -0.484 e. The summed E-state index contributed by atoms with van der Waals surface area (Å²) >= 11 is 0. The Labute approximate surface area is 271 Å². The van der Waals surface area contributed by atoms with Crippen LogP contribution in [-0.4, -0.2) is 49.0 Å². The first-order valence-corrected chi connectivity index (χ1v) is 15.9. The highest BCUT2D eigenvalue weighted by molar-refractivity contribution is 7.92. The van der Waals surface area contributed by atoms with E-state index in [9.17, 15) is 22.8 Å². The molecule has 0 aliphatic rings. The number of hydrazone groups is 1. The number of carbonyl (C=O) groups excluding carboxylic acids is 2. The quantitative estimate of drug-likeness (QED) is 0.155. The Hall–Kier alpha value is -5.95. The fourth-order valence-electron chi connectivity index (χ4n) is 4.71. The monoisotopic (exact) mass is 652 g/mol. The molecule has 0 aliphatic carbocycles. The number of carbonyl (C=O) groups is 2. The van der Waals surface area contributed by atoms with Crippen LogP contribution in [0, 0.1) is 6.92 Å². The molecule has 12 nitrogen and oxygen atoms in total. The number of nitrogens with one attached hydrogen (secondary N) is 2. The van der Waals surface area contributed by atoms with E-state index in [0.717, 1.165) is 4.31 Å². The number of aromatic nitrogens is 2. The Balaban J connectivity index is 1.29. The summed E-state index contributed by atoms with van der Waals surface area (Å²) < 4.78 is 36.9. The maximum absolute atomic E-state index is 13.9. The number of anilines is 2. The molecule has 240 valence electrons. The van der Waals surface area contributed by atoms with E-state index < -0.39 is 28.0 Å². The fraction of sp³-hybridized carbons (Fsp3) is 0.118. The summed E-state index contributed by atoms with van der Waals surface area (Å²) in [5.74, 6) is -0.618. The molecule has 0 fully saturated rings. The SMILES string of the molecule is Cc1c(N(CC(=O)N/N=C\c2ccc(OCC(=O)Nc3ccccc3)cc2)S(=O)(=O)c2ccccc2)c(=O)n(-c2ccccc2)n1C. The van der Waals surface area contributed by atoms with Crippen molar-refractivity contribution in [3.8, 4) is 11.4 Å². The van der Waals surface area contributed by atoms with Crippen LogP contribution in [0.5, 0.6) is 5.75 Å². The lowest BCUT2D eigenvalue weighted by Gasteiger charge is -2.22. The summed E-state index contributed by atoms with van der Waals surface area (Å²) in [4.78, 5) is 38.9. The molecule has 1 aromatic heterocycles. The molecule has 5 aromatic rings. The lowest BCUT2D eigenvalue weighted by molar-refractivity contribution is -0.119. The largest absolute Gasteiger partial charge is 0.484 e. The van der Waals surface area contributed by atoms with Crippen molar-refractivity contribution < 1.29 is 22.7 Å². The third kappa shape index (κ3) is 7.65. The first-order valence-electron chi connectivity index (χ1n) is 14.5. The lowest BCUT2D eigenvalue weighted by atomic mass is 10.2. The summed E-state index contributed by atoms with van der Waals surface area (Å²) in [6.45, 7) is 0.724. The molecule has 2 N–H and O–H groups in total. The molecule has 47 heavy (non-hydrogen) atoms. The molecule has 5 rings (SSSR count). The second-order valence-electron chi connectivity index (χ2n) is 10.3. The number of amides is 2. The van der Waals surface area contributed by atoms with E-state index in [2.05, 4.69) is 15.8 Å². The molecule has 13 heteroatoms. The van der Waals surface area contributed by atoms with Gasteiger partial charge in [0.1, 0.15) is 18.0 Å². The third-order valence-corrected chi connectivity index (χ3v) is 8.86. The summed E-state index contributed by atoms with van der Waals surface area (Å²) in [6.07, 6.45) is 1.37. The number of sulfonamides is 1. The standard InChI is InChI=1S/C34H32N6O6S/c1-25-33(34(43)40(38(25)2)28-14-8-4-9-15-28)39(47(44,45)30-16-10-5-11-17-30)23-31(41)37-35-22-26-18-20-29(21-19-26)46-24-32(42)36-27-12-6-3-7-13-27/h3-22H,23-24H2,1-2H3,(H,36,42)(H,37,41)/b35-22-. The summed E-state index contributed by atoms with van der Waals surface area (Å²) in [5.41, 5.74) is 3.73. The highest BCUT2D eigenvalue weighted by atomic mass is 32.2. The Morgan fingerprint density at radius 2 is 1.45 bits per heavy atom. The Morgan fingerprint density at radius 3 is 2.09 bits per heavy atom. The van der Waals surface area contributed by atoms with Gasteiger partial charge in [-0.15, -0.1) is 0 Å². The minimum absolute atomic E-state index is 0.0786. The van der Waals surface area contributed by atoms with Crippen LogP contribution in [0.4, 0.5) is 11.4 Å². The van der Waals surface area contributed by atoms with Crippen molar-refractivity contribution in [1.29, 1.82) is 0 Å². The number of hydrogen-bond donors (Lipinski definition) is 2. The van der Waals surface area contributed by atoms with Crippen LogP contribution < -0.4 is 25.3 Å². The van der Waals surface area contributed by atoms with Crippen LogP contribution in [0.2, 0.25) is 0 Å². The van der Waals surface area contributed by atoms with Gasteiger partial charge in [-0.1, -0.05) is 54.6 Å². The van der Waals surface area contributed by atoms with Gasteiger partial charge in [0, 0.05) is 12.7 Å². The smallest absolute Gasteiger partial charge is 0.296 e. The van der Waals surface area contributed by atoms with Crippen LogP contribution in [0.3, 0.4) is 0 Å². The average molecular weight is 653 g/mol. The van der Waals surface area contributed by atoms with Gasteiger partial charge in [-0.2, -0.15) is 5.10 Å². The molecule has 2 amide bonds. The Morgan fingerprint density at radius 1 is 0.851 bits per heavy atom. The topological polar surface area (TPSA) is 144 Å². The molecule has 0 spiro atoms. The maximum Gasteiger partial charge on any atom is 0.296 e. The van der Waals surface area contributed by atoms with Crippen molar-refractivity contribution in [2.24, 2.45) is 12.1 Å². The number of rotatable bonds is 12. The Kier molecular flexibility index (Phi) is 9.96. The van der Waals surface area contributed by atoms with E-state index in [1.54, 1.807) is 104 Å². The van der Waals surface area contributed by atoms with E-state index in [1.807, 2.05) is 18.2 Å². The number of nitrogens with zero attached hydrogens (tertiary/aromatic N) is 4. The number of para-hydroxylation sites is 2. The van der Waals surface area contributed by atoms with Crippen LogP contribution in [0.25, 0.3) is 5.69 Å². The van der Waals surface area contributed by atoms with E-state index in [4.69, 9.17) is 4.74 Å². The van der Waals surface area contributed by atoms with Gasteiger partial charge in [-0.3, -0.25) is 19.1 Å². The summed E-state index contributed by atoms with van der Waals surface area (Å²) in [5, 5.41) is 6.71. The first-order chi connectivity index (χ1) is 22.6. The van der Waals surface area contributed by atoms with Gasteiger partial charge in [-0.05, 0) is 73.2 Å². The zero-order valence-electron chi connectivity index (χ0n) is 25.6. The van der Waals surface area contributed by atoms with Gasteiger partial charge in [0.2, 0.25) is 0 Å². The molecule has 0 saturated heterocycles. The molecule has 0 bridgehead atoms. The molecular weight excluding hydrogens is 620 g/mol. The van der Waals surface area contributed by atoms with Crippen LogP contribution >= 0.6 is 0 Å². The van der Waals surface area contributed by atoms with Crippen LogP contribution in [0.15, 0.2) is 130 Å². The molecule has 0 atom stereocenters. The predicted octanol–water partition coefficient (Wildman–Crippen LogP) is 3.85.